The zero-order valence-corrected chi connectivity index (χ0v) is 15.6. The van der Waals surface area contributed by atoms with Crippen LogP contribution in [0.1, 0.15) is 0 Å². The summed E-state index contributed by atoms with van der Waals surface area (Å²) in [5, 5.41) is 40.3. The van der Waals surface area contributed by atoms with Gasteiger partial charge in [0.25, 0.3) is 0 Å². The van der Waals surface area contributed by atoms with Crippen molar-refractivity contribution in [2.45, 2.75) is 11.2 Å². The molecule has 0 saturated carbocycles. The maximum atomic E-state index is 9.86. The summed E-state index contributed by atoms with van der Waals surface area (Å²) in [5.41, 5.74) is -1.05. The minimum atomic E-state index is -1.71. The highest BCUT2D eigenvalue weighted by atomic mass is 16.7. The Balaban J connectivity index is 1.85. The van der Waals surface area contributed by atoms with Crippen LogP contribution in [0.25, 0.3) is 22.2 Å². The largest absolute Gasteiger partial charge is 0.535 e. The normalized spacial score (nSPS) is 17.7. The molecule has 2 heterocycles. The van der Waals surface area contributed by atoms with E-state index in [0.717, 1.165) is 10.9 Å². The maximum Gasteiger partial charge on any atom is 0.535 e. The Labute approximate surface area is 167 Å². The van der Waals surface area contributed by atoms with Crippen LogP contribution in [0.4, 0.5) is 0 Å². The van der Waals surface area contributed by atoms with Gasteiger partial charge < -0.3 is 29.7 Å². The highest BCUT2D eigenvalue weighted by Gasteiger charge is 2.63. The molecule has 29 heavy (non-hydrogen) atoms. The standard InChI is InChI=1S/C20H21BN2O6/c24-10-19(11-25)20(12-26,13-27)29-21(28-19)18-22-16-9-5-4-8-15(16)17(23-18)14-6-2-1-3-7-14/h1-9,24-27H,10-13H2. The van der Waals surface area contributed by atoms with Gasteiger partial charge in [0, 0.05) is 10.9 Å². The third-order valence-electron chi connectivity index (χ3n) is 5.40. The predicted molar refractivity (Wildman–Crippen MR) is 106 cm³/mol. The summed E-state index contributed by atoms with van der Waals surface area (Å²) < 4.78 is 11.6. The van der Waals surface area contributed by atoms with E-state index in [2.05, 4.69) is 9.97 Å². The van der Waals surface area contributed by atoms with E-state index in [0.29, 0.717) is 11.2 Å². The Hall–Kier alpha value is -2.40. The number of fused-ring (bicyclic) bond motifs is 1. The summed E-state index contributed by atoms with van der Waals surface area (Å²) >= 11 is 0. The van der Waals surface area contributed by atoms with Gasteiger partial charge in [-0.15, -0.1) is 0 Å². The molecule has 9 heteroatoms. The molecule has 0 unspecified atom stereocenters. The van der Waals surface area contributed by atoms with Crippen molar-refractivity contribution < 1.29 is 29.7 Å². The minimum Gasteiger partial charge on any atom is -0.393 e. The van der Waals surface area contributed by atoms with Crippen molar-refractivity contribution in [2.24, 2.45) is 0 Å². The number of hydrogen-bond donors (Lipinski definition) is 4. The molecule has 1 aliphatic rings. The Morgan fingerprint density at radius 1 is 0.724 bits per heavy atom. The van der Waals surface area contributed by atoms with E-state index < -0.39 is 44.7 Å². The molecule has 4 N–H and O–H groups in total. The molecular formula is C20H21BN2O6. The third kappa shape index (κ3) is 3.12. The fraction of sp³-hybridized carbons (Fsp3) is 0.300. The summed E-state index contributed by atoms with van der Waals surface area (Å²) in [4.78, 5) is 9.16. The van der Waals surface area contributed by atoms with Crippen LogP contribution >= 0.6 is 0 Å². The summed E-state index contributed by atoms with van der Waals surface area (Å²) in [6.07, 6.45) is 0. The Morgan fingerprint density at radius 3 is 1.86 bits per heavy atom. The van der Waals surface area contributed by atoms with E-state index in [1.54, 1.807) is 0 Å². The second-order valence-corrected chi connectivity index (χ2v) is 7.00. The van der Waals surface area contributed by atoms with Crippen molar-refractivity contribution in [2.75, 3.05) is 26.4 Å². The lowest BCUT2D eigenvalue weighted by molar-refractivity contribution is -0.147. The average molecular weight is 396 g/mol. The molecule has 1 aliphatic heterocycles. The summed E-state index contributed by atoms with van der Waals surface area (Å²) in [5.74, 6) is 0. The van der Waals surface area contributed by atoms with Gasteiger partial charge in [-0.05, 0) is 6.07 Å². The van der Waals surface area contributed by atoms with Crippen LogP contribution in [-0.4, -0.2) is 75.1 Å². The molecule has 4 rings (SSSR count). The van der Waals surface area contributed by atoms with Crippen LogP contribution in [0.2, 0.25) is 0 Å². The number of aromatic nitrogens is 2. The monoisotopic (exact) mass is 396 g/mol. The van der Waals surface area contributed by atoms with Crippen molar-refractivity contribution in [3.8, 4) is 11.3 Å². The van der Waals surface area contributed by atoms with Crippen LogP contribution in [0.5, 0.6) is 0 Å². The van der Waals surface area contributed by atoms with Gasteiger partial charge in [-0.25, -0.2) is 9.97 Å². The minimum absolute atomic E-state index is 0.164. The third-order valence-corrected chi connectivity index (χ3v) is 5.40. The van der Waals surface area contributed by atoms with Gasteiger partial charge in [-0.3, -0.25) is 0 Å². The van der Waals surface area contributed by atoms with Gasteiger partial charge in [-0.2, -0.15) is 0 Å². The van der Waals surface area contributed by atoms with E-state index in [1.165, 1.54) is 0 Å². The molecule has 0 spiro atoms. The quantitative estimate of drug-likeness (QED) is 0.411. The fourth-order valence-electron chi connectivity index (χ4n) is 3.60. The molecule has 0 aliphatic carbocycles. The molecule has 8 nitrogen and oxygen atoms in total. The SMILES string of the molecule is OCC1(CO)OB(c2nc(-c3ccccc3)c3ccccc3n2)OC1(CO)CO. The van der Waals surface area contributed by atoms with Gasteiger partial charge in [0.05, 0.1) is 37.6 Å². The average Bonchev–Trinajstić information content (AvgIpc) is 3.14. The molecule has 1 saturated heterocycles. The first-order chi connectivity index (χ1) is 14.1. The number of benzene rings is 2. The first kappa shape index (κ1) is 19.9. The summed E-state index contributed by atoms with van der Waals surface area (Å²) in [6.45, 7) is -2.67. The molecule has 0 atom stereocenters. The smallest absolute Gasteiger partial charge is 0.393 e. The molecule has 0 radical (unpaired) electrons. The van der Waals surface area contributed by atoms with Gasteiger partial charge in [0.1, 0.15) is 11.2 Å². The van der Waals surface area contributed by atoms with Crippen molar-refractivity contribution in [3.63, 3.8) is 0 Å². The van der Waals surface area contributed by atoms with Gasteiger partial charge in [-0.1, -0.05) is 48.5 Å². The van der Waals surface area contributed by atoms with E-state index >= 15 is 0 Å². The molecule has 3 aromatic rings. The van der Waals surface area contributed by atoms with E-state index in [1.807, 2.05) is 54.6 Å². The number of hydrogen-bond acceptors (Lipinski definition) is 8. The van der Waals surface area contributed by atoms with Crippen molar-refractivity contribution in [1.29, 1.82) is 0 Å². The number of aliphatic hydroxyl groups excluding tert-OH is 4. The lowest BCUT2D eigenvalue weighted by Gasteiger charge is -2.39. The fourth-order valence-corrected chi connectivity index (χ4v) is 3.60. The second kappa shape index (κ2) is 7.79. The van der Waals surface area contributed by atoms with Crippen LogP contribution in [0.3, 0.4) is 0 Å². The molecule has 1 aromatic heterocycles. The maximum absolute atomic E-state index is 9.86. The lowest BCUT2D eigenvalue weighted by atomic mass is 9.85. The topological polar surface area (TPSA) is 125 Å². The molecule has 2 aromatic carbocycles. The highest BCUT2D eigenvalue weighted by molar-refractivity contribution is 6.60. The van der Waals surface area contributed by atoms with Crippen molar-refractivity contribution in [3.05, 3.63) is 54.6 Å². The zero-order valence-electron chi connectivity index (χ0n) is 15.6. The molecule has 150 valence electrons. The van der Waals surface area contributed by atoms with Crippen molar-refractivity contribution >= 4 is 23.7 Å². The van der Waals surface area contributed by atoms with Crippen LogP contribution in [-0.2, 0) is 9.31 Å². The summed E-state index contributed by atoms with van der Waals surface area (Å²) in [7, 11) is -1.19. The molecule has 0 amide bonds. The predicted octanol–water partition coefficient (Wildman–Crippen LogP) is -0.514. The summed E-state index contributed by atoms with van der Waals surface area (Å²) in [6, 6.07) is 17.0. The van der Waals surface area contributed by atoms with E-state index in [-0.39, 0.29) is 5.72 Å². The van der Waals surface area contributed by atoms with E-state index in [4.69, 9.17) is 9.31 Å². The first-order valence-corrected chi connectivity index (χ1v) is 9.23. The highest BCUT2D eigenvalue weighted by Crippen LogP contribution is 2.37. The Morgan fingerprint density at radius 2 is 1.28 bits per heavy atom. The molecule has 0 bridgehead atoms. The van der Waals surface area contributed by atoms with Gasteiger partial charge in [0.2, 0.25) is 0 Å². The first-order valence-electron chi connectivity index (χ1n) is 9.23. The number of para-hydroxylation sites is 1. The Bertz CT molecular complexity index is 975. The Kier molecular flexibility index (Phi) is 5.35. The second-order valence-electron chi connectivity index (χ2n) is 7.00. The van der Waals surface area contributed by atoms with Crippen LogP contribution < -0.4 is 5.72 Å². The number of aliphatic hydroxyl groups is 4. The van der Waals surface area contributed by atoms with Gasteiger partial charge >= 0.3 is 7.12 Å². The van der Waals surface area contributed by atoms with Crippen LogP contribution in [0, 0.1) is 0 Å². The van der Waals surface area contributed by atoms with E-state index in [9.17, 15) is 20.4 Å². The number of rotatable bonds is 6. The zero-order chi connectivity index (χ0) is 20.5. The molecular weight excluding hydrogens is 375 g/mol. The lowest BCUT2D eigenvalue weighted by Crippen LogP contribution is -2.61. The molecule has 1 fully saturated rings. The van der Waals surface area contributed by atoms with Gasteiger partial charge in [0.15, 0.2) is 5.72 Å². The van der Waals surface area contributed by atoms with Crippen LogP contribution in [0.15, 0.2) is 54.6 Å². The number of nitrogens with zero attached hydrogens (tertiary/aromatic N) is 2. The van der Waals surface area contributed by atoms with Crippen molar-refractivity contribution in [1.82, 2.24) is 9.97 Å².